The van der Waals surface area contributed by atoms with Crippen molar-refractivity contribution >= 4 is 31.9 Å². The second-order valence-electron chi connectivity index (χ2n) is 4.18. The van der Waals surface area contributed by atoms with E-state index in [1.54, 1.807) is 0 Å². The highest BCUT2D eigenvalue weighted by Crippen LogP contribution is 2.34. The molecule has 5 nitrogen and oxygen atoms in total. The lowest BCUT2D eigenvalue weighted by atomic mass is 10.2. The fraction of sp³-hybridized carbons (Fsp3) is 0.364. The van der Waals surface area contributed by atoms with Crippen LogP contribution in [-0.4, -0.2) is 36.9 Å². The van der Waals surface area contributed by atoms with Crippen LogP contribution in [0.1, 0.15) is 12.5 Å². The molecule has 1 rings (SSSR count). The van der Waals surface area contributed by atoms with Crippen molar-refractivity contribution in [1.29, 1.82) is 0 Å². The van der Waals surface area contributed by atoms with Gasteiger partial charge in [-0.3, -0.25) is 4.79 Å². The number of likely N-dealkylation sites (N-methyl/N-ethyl adjacent to an activating group) is 1. The van der Waals surface area contributed by atoms with E-state index < -0.39 is 38.7 Å². The smallest absolute Gasteiger partial charge is 0.416 e. The van der Waals surface area contributed by atoms with Gasteiger partial charge in [-0.2, -0.15) is 17.5 Å². The molecule has 118 valence electrons. The molecule has 0 amide bonds. The Kier molecular flexibility index (Phi) is 5.06. The highest BCUT2D eigenvalue weighted by molar-refractivity contribution is 9.10. The summed E-state index contributed by atoms with van der Waals surface area (Å²) in [5.74, 6) is -1.41. The Morgan fingerprint density at radius 1 is 1.38 bits per heavy atom. The molecule has 1 aromatic carbocycles. The van der Waals surface area contributed by atoms with Crippen LogP contribution < -0.4 is 0 Å². The molecule has 0 fully saturated rings. The lowest BCUT2D eigenvalue weighted by molar-refractivity contribution is -0.140. The first-order valence-electron chi connectivity index (χ1n) is 5.46. The maximum atomic E-state index is 12.7. The molecule has 10 heteroatoms. The molecule has 0 aliphatic carbocycles. The average Bonchev–Trinajstić information content (AvgIpc) is 2.35. The largest absolute Gasteiger partial charge is 0.480 e. The number of alkyl halides is 3. The fourth-order valence-electron chi connectivity index (χ4n) is 1.40. The van der Waals surface area contributed by atoms with E-state index in [1.807, 2.05) is 0 Å². The zero-order valence-corrected chi connectivity index (χ0v) is 13.3. The maximum Gasteiger partial charge on any atom is 0.416 e. The number of halogens is 4. The Labute approximate surface area is 127 Å². The van der Waals surface area contributed by atoms with Crippen LogP contribution in [-0.2, 0) is 21.0 Å². The number of carboxylic acids is 1. The summed E-state index contributed by atoms with van der Waals surface area (Å²) in [5.41, 5.74) is -1.14. The first-order chi connectivity index (χ1) is 9.39. The van der Waals surface area contributed by atoms with Gasteiger partial charge < -0.3 is 5.11 Å². The first kappa shape index (κ1) is 17.9. The molecule has 0 bridgehead atoms. The lowest BCUT2D eigenvalue weighted by Gasteiger charge is -2.22. The van der Waals surface area contributed by atoms with Crippen molar-refractivity contribution in [3.05, 3.63) is 28.2 Å². The van der Waals surface area contributed by atoms with Crippen LogP contribution in [0.15, 0.2) is 27.6 Å². The Hall–Kier alpha value is -1.13. The average molecular weight is 390 g/mol. The van der Waals surface area contributed by atoms with Gasteiger partial charge in [-0.15, -0.1) is 0 Å². The van der Waals surface area contributed by atoms with Crippen LogP contribution >= 0.6 is 15.9 Å². The molecule has 0 heterocycles. The van der Waals surface area contributed by atoms with Gasteiger partial charge in [0.15, 0.2) is 0 Å². The van der Waals surface area contributed by atoms with Gasteiger partial charge in [0.05, 0.1) is 10.5 Å². The van der Waals surface area contributed by atoms with Gasteiger partial charge in [-0.25, -0.2) is 8.42 Å². The third kappa shape index (κ3) is 3.74. The number of benzene rings is 1. The van der Waals surface area contributed by atoms with E-state index in [0.717, 1.165) is 26.1 Å². The number of hydrogen-bond acceptors (Lipinski definition) is 3. The predicted octanol–water partition coefficient (Wildman–Crippen LogP) is 2.56. The number of hydrogen-bond donors (Lipinski definition) is 1. The zero-order valence-electron chi connectivity index (χ0n) is 10.8. The third-order valence-electron chi connectivity index (χ3n) is 2.82. The van der Waals surface area contributed by atoms with Crippen molar-refractivity contribution in [2.24, 2.45) is 0 Å². The molecule has 1 aromatic rings. The Bertz CT molecular complexity index is 660. The molecule has 0 aliphatic rings. The predicted molar refractivity (Wildman–Crippen MR) is 71.2 cm³/mol. The molecule has 0 radical (unpaired) electrons. The maximum absolute atomic E-state index is 12.7. The third-order valence-corrected chi connectivity index (χ3v) is 5.74. The fourth-order valence-corrected chi connectivity index (χ4v) is 3.66. The van der Waals surface area contributed by atoms with Crippen LogP contribution in [0.3, 0.4) is 0 Å². The highest BCUT2D eigenvalue weighted by Gasteiger charge is 2.35. The number of sulfonamides is 1. The molecule has 0 aliphatic heterocycles. The minimum absolute atomic E-state index is 0.0834. The molecule has 1 N–H and O–H groups in total. The molecular weight excluding hydrogens is 379 g/mol. The molecule has 0 aromatic heterocycles. The van der Waals surface area contributed by atoms with Gasteiger partial charge in [0.25, 0.3) is 0 Å². The number of rotatable bonds is 4. The summed E-state index contributed by atoms with van der Waals surface area (Å²) in [4.78, 5) is 10.2. The summed E-state index contributed by atoms with van der Waals surface area (Å²) < 4.78 is 62.9. The standard InChI is InChI=1S/C11H11BrF3NO4S/c1-6(10(17)18)16(2)21(19,20)9-5-7(11(13,14)15)3-4-8(9)12/h3-6H,1-2H3,(H,17,18). The number of carboxylic acid groups (broad SMARTS) is 1. The van der Waals surface area contributed by atoms with E-state index in [1.165, 1.54) is 0 Å². The van der Waals surface area contributed by atoms with Crippen LogP contribution in [0.25, 0.3) is 0 Å². The summed E-state index contributed by atoms with van der Waals surface area (Å²) in [6, 6.07) is 0.722. The van der Waals surface area contributed by atoms with Crippen LogP contribution in [0, 0.1) is 0 Å². The van der Waals surface area contributed by atoms with Crippen LogP contribution in [0.2, 0.25) is 0 Å². The van der Waals surface area contributed by atoms with Gasteiger partial charge in [0, 0.05) is 11.5 Å². The van der Waals surface area contributed by atoms with Gasteiger partial charge in [-0.05, 0) is 41.1 Å². The van der Waals surface area contributed by atoms with Gasteiger partial charge in [-0.1, -0.05) is 0 Å². The van der Waals surface area contributed by atoms with Crippen molar-refractivity contribution in [2.45, 2.75) is 24.0 Å². The summed E-state index contributed by atoms with van der Waals surface area (Å²) in [6.45, 7) is 1.11. The second kappa shape index (κ2) is 5.93. The number of aliphatic carboxylic acids is 1. The monoisotopic (exact) mass is 389 g/mol. The van der Waals surface area contributed by atoms with Crippen LogP contribution in [0.4, 0.5) is 13.2 Å². The minimum Gasteiger partial charge on any atom is -0.480 e. The first-order valence-corrected chi connectivity index (χ1v) is 7.70. The molecule has 21 heavy (non-hydrogen) atoms. The molecule has 1 unspecified atom stereocenters. The van der Waals surface area contributed by atoms with Crippen molar-refractivity contribution < 1.29 is 31.5 Å². The van der Waals surface area contributed by atoms with Gasteiger partial charge in [0.2, 0.25) is 10.0 Å². The lowest BCUT2D eigenvalue weighted by Crippen LogP contribution is -2.40. The summed E-state index contributed by atoms with van der Waals surface area (Å²) >= 11 is 2.87. The Morgan fingerprint density at radius 3 is 2.33 bits per heavy atom. The second-order valence-corrected chi connectivity index (χ2v) is 7.00. The van der Waals surface area contributed by atoms with Crippen molar-refractivity contribution in [2.75, 3.05) is 7.05 Å². The summed E-state index contributed by atoms with van der Waals surface area (Å²) in [5, 5.41) is 8.82. The van der Waals surface area contributed by atoms with Crippen molar-refractivity contribution in [3.8, 4) is 0 Å². The van der Waals surface area contributed by atoms with Crippen LogP contribution in [0.5, 0.6) is 0 Å². The van der Waals surface area contributed by atoms with E-state index in [2.05, 4.69) is 15.9 Å². The normalized spacial score (nSPS) is 14.2. The molecule has 1 atom stereocenters. The summed E-state index contributed by atoms with van der Waals surface area (Å²) in [6.07, 6.45) is -4.71. The van der Waals surface area contributed by atoms with E-state index in [9.17, 15) is 26.4 Å². The van der Waals surface area contributed by atoms with Crippen molar-refractivity contribution in [3.63, 3.8) is 0 Å². The zero-order chi connectivity index (χ0) is 16.6. The van der Waals surface area contributed by atoms with E-state index >= 15 is 0 Å². The number of nitrogens with zero attached hydrogens (tertiary/aromatic N) is 1. The van der Waals surface area contributed by atoms with Gasteiger partial charge in [0.1, 0.15) is 6.04 Å². The topological polar surface area (TPSA) is 74.7 Å². The quantitative estimate of drug-likeness (QED) is 0.858. The molecular formula is C11H11BrF3NO4S. The number of carbonyl (C=O) groups is 1. The Morgan fingerprint density at radius 2 is 1.90 bits per heavy atom. The molecule has 0 saturated carbocycles. The molecule has 0 saturated heterocycles. The summed E-state index contributed by atoms with van der Waals surface area (Å²) in [7, 11) is -3.40. The van der Waals surface area contributed by atoms with E-state index in [-0.39, 0.29) is 4.47 Å². The van der Waals surface area contributed by atoms with Gasteiger partial charge >= 0.3 is 12.1 Å². The SMILES string of the molecule is CC(C(=O)O)N(C)S(=O)(=O)c1cc(C(F)(F)F)ccc1Br. The Balaban J connectivity index is 3.41. The van der Waals surface area contributed by atoms with Crippen molar-refractivity contribution in [1.82, 2.24) is 4.31 Å². The van der Waals surface area contributed by atoms with E-state index in [0.29, 0.717) is 10.4 Å². The van der Waals surface area contributed by atoms with E-state index in [4.69, 9.17) is 5.11 Å². The minimum atomic E-state index is -4.71. The molecule has 0 spiro atoms. The highest BCUT2D eigenvalue weighted by atomic mass is 79.9.